The lowest BCUT2D eigenvalue weighted by Crippen LogP contribution is -2.58. The van der Waals surface area contributed by atoms with E-state index < -0.39 is 122 Å². The summed E-state index contributed by atoms with van der Waals surface area (Å²) in [5.41, 5.74) is -9.24. The Morgan fingerprint density at radius 1 is 1.10 bits per heavy atom. The number of carbonyl (C=O) groups excluding carboxylic acids is 4. The minimum Gasteiger partial charge on any atom is -0.497 e. The smallest absolute Gasteiger partial charge is 0.437 e. The zero-order valence-electron chi connectivity index (χ0n) is 35.1. The van der Waals surface area contributed by atoms with E-state index in [1.54, 1.807) is 26.8 Å². The Kier molecular flexibility index (Phi) is 11.1. The van der Waals surface area contributed by atoms with E-state index in [2.05, 4.69) is 20.3 Å². The molecule has 19 heteroatoms. The molecule has 0 unspecified atom stereocenters. The van der Waals surface area contributed by atoms with Crippen molar-refractivity contribution in [3.8, 4) is 11.5 Å². The summed E-state index contributed by atoms with van der Waals surface area (Å²) >= 11 is 0. The molecule has 0 radical (unpaired) electrons. The first-order valence-corrected chi connectivity index (χ1v) is 22.2. The molecule has 61 heavy (non-hydrogen) atoms. The van der Waals surface area contributed by atoms with Gasteiger partial charge in [-0.1, -0.05) is 31.9 Å². The molecule has 0 bridgehead atoms. The number of alkyl carbamates (subject to hydrolysis) is 1. The largest absolute Gasteiger partial charge is 0.497 e. The van der Waals surface area contributed by atoms with Gasteiger partial charge in [0.1, 0.15) is 40.2 Å². The van der Waals surface area contributed by atoms with E-state index in [4.69, 9.17) is 14.2 Å². The molecule has 7 rings (SSSR count). The quantitative estimate of drug-likeness (QED) is 0.222. The van der Waals surface area contributed by atoms with Crippen molar-refractivity contribution in [3.05, 3.63) is 41.6 Å². The van der Waals surface area contributed by atoms with Crippen LogP contribution in [0.1, 0.15) is 117 Å². The molecule has 2 aliphatic carbocycles. The lowest BCUT2D eigenvalue weighted by Gasteiger charge is -2.44. The van der Waals surface area contributed by atoms with Crippen molar-refractivity contribution >= 4 is 44.7 Å². The predicted octanol–water partition coefficient (Wildman–Crippen LogP) is 6.25. The molecule has 3 fully saturated rings. The molecule has 4 amide bonds. The van der Waals surface area contributed by atoms with Crippen molar-refractivity contribution in [1.29, 1.82) is 0 Å². The highest BCUT2D eigenvalue weighted by Gasteiger charge is 2.65. The first kappa shape index (κ1) is 44.4. The first-order valence-electron chi connectivity index (χ1n) is 20.7. The van der Waals surface area contributed by atoms with E-state index in [9.17, 15) is 40.8 Å². The highest BCUT2D eigenvalue weighted by atomic mass is 32.2. The van der Waals surface area contributed by atoms with Gasteiger partial charge in [0.2, 0.25) is 21.8 Å². The van der Waals surface area contributed by atoms with E-state index >= 15 is 4.39 Å². The number of amides is 4. The second-order valence-electron chi connectivity index (χ2n) is 18.4. The molecule has 2 aromatic rings. The standard InChI is InChI=1S/C42H53F4N5O9S/c1-7-40(43)22-39(59-31-30(40)26-19-25(58-6)15-16-27(26)47-32(31)42(44,45)46)21-29-33(52)49-41(35(54)50-61(56,57)38(5)17-18-38)20-24(41)13-11-9-8-10-12-14-28(34(53)51(29)23-39)48-36(55)60-37(2,3)4/h11,13,15-16,19,24,28-29H,7-10,12,14,17-18,20-23H2,1-6H3,(H,48,55)(H,49,52)(H,50,54)/b13-11-/t24-,28+,29+,39+,40-,41-/m1/s1. The van der Waals surface area contributed by atoms with Crippen LogP contribution in [0, 0.1) is 5.92 Å². The molecule has 334 valence electrons. The van der Waals surface area contributed by atoms with Gasteiger partial charge in [0.25, 0.3) is 5.91 Å². The van der Waals surface area contributed by atoms with Crippen molar-refractivity contribution in [2.24, 2.45) is 5.92 Å². The van der Waals surface area contributed by atoms with Gasteiger partial charge in [0.05, 0.1) is 23.9 Å². The Morgan fingerprint density at radius 3 is 2.46 bits per heavy atom. The van der Waals surface area contributed by atoms with Crippen LogP contribution in [0.15, 0.2) is 30.4 Å². The van der Waals surface area contributed by atoms with Gasteiger partial charge in [-0.2, -0.15) is 13.2 Å². The molecular weight excluding hydrogens is 827 g/mol. The van der Waals surface area contributed by atoms with Crippen molar-refractivity contribution in [2.75, 3.05) is 13.7 Å². The molecule has 1 saturated heterocycles. The number of benzene rings is 1. The molecule has 6 atom stereocenters. The Hall–Kier alpha value is -4.68. The zero-order chi connectivity index (χ0) is 44.6. The zero-order valence-corrected chi connectivity index (χ0v) is 35.9. The van der Waals surface area contributed by atoms with Crippen molar-refractivity contribution in [1.82, 2.24) is 25.2 Å². The summed E-state index contributed by atoms with van der Waals surface area (Å²) in [7, 11) is -2.80. The monoisotopic (exact) mass is 879 g/mol. The molecule has 1 aromatic carbocycles. The number of alkyl halides is 4. The third-order valence-electron chi connectivity index (χ3n) is 12.6. The number of sulfonamides is 1. The van der Waals surface area contributed by atoms with Gasteiger partial charge in [-0.05, 0) is 90.8 Å². The Bertz CT molecular complexity index is 2280. The van der Waals surface area contributed by atoms with Gasteiger partial charge in [0.15, 0.2) is 11.4 Å². The van der Waals surface area contributed by atoms with Gasteiger partial charge in [0, 0.05) is 29.7 Å². The average Bonchev–Trinajstić information content (AvgIpc) is 4.06. The lowest BCUT2D eigenvalue weighted by molar-refractivity contribution is -0.146. The van der Waals surface area contributed by atoms with Gasteiger partial charge >= 0.3 is 12.3 Å². The molecule has 3 aliphatic heterocycles. The first-order chi connectivity index (χ1) is 28.4. The number of fused-ring (bicyclic) bond motifs is 5. The molecule has 14 nitrogen and oxygen atoms in total. The van der Waals surface area contributed by atoms with E-state index in [0.717, 1.165) is 4.90 Å². The minimum atomic E-state index is -5.13. The van der Waals surface area contributed by atoms with E-state index in [1.807, 2.05) is 6.08 Å². The number of hydrogen-bond donors (Lipinski definition) is 3. The average molecular weight is 880 g/mol. The van der Waals surface area contributed by atoms with E-state index in [0.29, 0.717) is 38.5 Å². The summed E-state index contributed by atoms with van der Waals surface area (Å²) in [6, 6.07) is 1.20. The Labute approximate surface area is 351 Å². The predicted molar refractivity (Wildman–Crippen MR) is 214 cm³/mol. The summed E-state index contributed by atoms with van der Waals surface area (Å²) in [5.74, 6) is -4.00. The maximum atomic E-state index is 17.9. The van der Waals surface area contributed by atoms with Gasteiger partial charge in [-0.25, -0.2) is 22.6 Å². The number of aromatic nitrogens is 1. The number of nitrogens with one attached hydrogen (secondary N) is 3. The topological polar surface area (TPSA) is 182 Å². The number of carbonyl (C=O) groups is 4. The van der Waals surface area contributed by atoms with Crippen LogP contribution < -0.4 is 24.8 Å². The van der Waals surface area contributed by atoms with Crippen molar-refractivity contribution in [3.63, 3.8) is 0 Å². The van der Waals surface area contributed by atoms with Gasteiger partial charge < -0.3 is 29.7 Å². The number of pyridine rings is 1. The highest BCUT2D eigenvalue weighted by molar-refractivity contribution is 7.91. The van der Waals surface area contributed by atoms with Gasteiger partial charge in [-0.3, -0.25) is 19.1 Å². The second-order valence-corrected chi connectivity index (χ2v) is 20.6. The maximum Gasteiger partial charge on any atom is 0.437 e. The van der Waals surface area contributed by atoms with E-state index in [-0.39, 0.29) is 35.9 Å². The van der Waals surface area contributed by atoms with Crippen LogP contribution in [-0.4, -0.2) is 89.3 Å². The number of methoxy groups -OCH3 is 1. The van der Waals surface area contributed by atoms with Crippen molar-refractivity contribution < 1.29 is 59.4 Å². The normalized spacial score (nSPS) is 30.7. The number of ether oxygens (including phenoxy) is 3. The summed E-state index contributed by atoms with van der Waals surface area (Å²) in [6.45, 7) is 7.28. The Balaban J connectivity index is 1.33. The molecular formula is C42H53F4N5O9S. The summed E-state index contributed by atoms with van der Waals surface area (Å²) in [6.07, 6.45) is -0.883. The number of rotatable bonds is 6. The van der Waals surface area contributed by atoms with Gasteiger partial charge in [-0.15, -0.1) is 0 Å². The fourth-order valence-electron chi connectivity index (χ4n) is 8.88. The number of allylic oxidation sites excluding steroid dienone is 1. The van der Waals surface area contributed by atoms with Crippen LogP contribution in [0.2, 0.25) is 0 Å². The molecule has 5 aliphatic rings. The second kappa shape index (κ2) is 15.3. The van der Waals surface area contributed by atoms with Crippen LogP contribution in [0.4, 0.5) is 22.4 Å². The third-order valence-corrected chi connectivity index (χ3v) is 14.8. The molecule has 3 N–H and O–H groups in total. The molecule has 2 saturated carbocycles. The SMILES string of the molecule is CC[C@@]1(F)C[C@]2(C[C@H]3C(=O)N[C@]4(C(=O)NS(=O)(=O)C5(C)CC5)C[C@H]4/C=C\CCCCC[C@H](NC(=O)OC(C)(C)C)C(=O)N3C2)Oc2c(C(F)(F)F)nc3ccc(OC)cc3c21. The number of hydrogen-bond acceptors (Lipinski definition) is 10. The maximum absolute atomic E-state index is 17.9. The van der Waals surface area contributed by atoms with Crippen LogP contribution in [-0.2, 0) is 41.0 Å². The van der Waals surface area contributed by atoms with Crippen LogP contribution >= 0.6 is 0 Å². The summed E-state index contributed by atoms with van der Waals surface area (Å²) in [4.78, 5) is 61.7. The molecule has 4 heterocycles. The Morgan fingerprint density at radius 2 is 1.82 bits per heavy atom. The summed E-state index contributed by atoms with van der Waals surface area (Å²) < 4.78 is 107. The van der Waals surface area contributed by atoms with Crippen LogP contribution in [0.5, 0.6) is 11.5 Å². The number of halogens is 4. The van der Waals surface area contributed by atoms with E-state index in [1.165, 1.54) is 39.2 Å². The highest BCUT2D eigenvalue weighted by Crippen LogP contribution is 2.57. The van der Waals surface area contributed by atoms with Crippen LogP contribution in [0.3, 0.4) is 0 Å². The fourth-order valence-corrected chi connectivity index (χ4v) is 10.2. The number of nitrogens with zero attached hydrogens (tertiary/aromatic N) is 2. The molecule has 1 spiro atoms. The minimum absolute atomic E-state index is 0.0202. The van der Waals surface area contributed by atoms with Crippen molar-refractivity contribution in [2.45, 2.75) is 151 Å². The van der Waals surface area contributed by atoms with Crippen LogP contribution in [0.25, 0.3) is 10.9 Å². The lowest BCUT2D eigenvalue weighted by atomic mass is 9.76. The fraction of sp³-hybridized carbons (Fsp3) is 0.643. The third kappa shape index (κ3) is 8.46. The molecule has 1 aromatic heterocycles. The summed E-state index contributed by atoms with van der Waals surface area (Å²) in [5, 5.41) is 5.37.